The second-order valence-electron chi connectivity index (χ2n) is 2.79. The molecule has 5 nitrogen and oxygen atoms in total. The molecule has 0 spiro atoms. The number of hydrogen-bond acceptors (Lipinski definition) is 3. The van der Waals surface area contributed by atoms with Crippen LogP contribution in [0.25, 0.3) is 5.82 Å². The van der Waals surface area contributed by atoms with Gasteiger partial charge in [-0.3, -0.25) is 0 Å². The van der Waals surface area contributed by atoms with Gasteiger partial charge in [0.2, 0.25) is 0 Å². The maximum absolute atomic E-state index is 10.6. The zero-order valence-electron chi connectivity index (χ0n) is 7.46. The monoisotopic (exact) mass is 223 g/mol. The highest BCUT2D eigenvalue weighted by Gasteiger charge is 2.09. The van der Waals surface area contributed by atoms with Crippen molar-refractivity contribution >= 4 is 17.6 Å². The summed E-state index contributed by atoms with van der Waals surface area (Å²) in [6.07, 6.45) is 4.50. The zero-order valence-corrected chi connectivity index (χ0v) is 8.22. The van der Waals surface area contributed by atoms with E-state index in [0.29, 0.717) is 5.82 Å². The summed E-state index contributed by atoms with van der Waals surface area (Å²) in [4.78, 5) is 14.6. The molecule has 0 aliphatic heterocycles. The number of carboxylic acid groups (broad SMARTS) is 1. The molecular weight excluding hydrogens is 218 g/mol. The molecule has 0 unspecified atom stereocenters. The highest BCUT2D eigenvalue weighted by atomic mass is 35.5. The molecule has 2 aromatic rings. The Labute approximate surface area is 89.9 Å². The molecule has 0 bridgehead atoms. The standard InChI is InChI=1S/C9H6ClN3O2/c10-7-4-6(9(14)15)5-11-8(7)13-3-1-2-12-13/h1-5H,(H,14,15). The van der Waals surface area contributed by atoms with Gasteiger partial charge in [0, 0.05) is 18.6 Å². The number of hydrogen-bond donors (Lipinski definition) is 1. The summed E-state index contributed by atoms with van der Waals surface area (Å²) in [5, 5.41) is 12.9. The van der Waals surface area contributed by atoms with Gasteiger partial charge in [0.05, 0.1) is 10.6 Å². The Kier molecular flexibility index (Phi) is 2.39. The van der Waals surface area contributed by atoms with Gasteiger partial charge in [-0.2, -0.15) is 5.10 Å². The fourth-order valence-electron chi connectivity index (χ4n) is 1.11. The van der Waals surface area contributed by atoms with Gasteiger partial charge in [0.15, 0.2) is 5.82 Å². The SMILES string of the molecule is O=C(O)c1cnc(-n2cccn2)c(Cl)c1. The third-order valence-corrected chi connectivity index (χ3v) is 2.07. The van der Waals surface area contributed by atoms with Gasteiger partial charge in [0.25, 0.3) is 0 Å². The summed E-state index contributed by atoms with van der Waals surface area (Å²) in [5.74, 6) is -0.650. The van der Waals surface area contributed by atoms with Crippen LogP contribution >= 0.6 is 11.6 Å². The van der Waals surface area contributed by atoms with Crippen molar-refractivity contribution in [3.05, 3.63) is 41.3 Å². The molecule has 0 aliphatic rings. The molecule has 0 atom stereocenters. The molecule has 0 radical (unpaired) electrons. The van der Waals surface area contributed by atoms with Crippen molar-refractivity contribution in [2.75, 3.05) is 0 Å². The van der Waals surface area contributed by atoms with Crippen LogP contribution in [-0.2, 0) is 0 Å². The van der Waals surface area contributed by atoms with Crippen LogP contribution in [0.1, 0.15) is 10.4 Å². The normalized spacial score (nSPS) is 10.2. The van der Waals surface area contributed by atoms with Crippen LogP contribution in [0, 0.1) is 0 Å². The van der Waals surface area contributed by atoms with Crippen LogP contribution in [0.4, 0.5) is 0 Å². The van der Waals surface area contributed by atoms with Crippen LogP contribution in [0.5, 0.6) is 0 Å². The average Bonchev–Trinajstić information content (AvgIpc) is 2.70. The van der Waals surface area contributed by atoms with E-state index in [2.05, 4.69) is 10.1 Å². The summed E-state index contributed by atoms with van der Waals surface area (Å²) in [7, 11) is 0. The van der Waals surface area contributed by atoms with E-state index in [1.807, 2.05) is 0 Å². The highest BCUT2D eigenvalue weighted by molar-refractivity contribution is 6.32. The number of carboxylic acids is 1. The predicted molar refractivity (Wildman–Crippen MR) is 53.3 cm³/mol. The Balaban J connectivity index is 2.48. The van der Waals surface area contributed by atoms with Gasteiger partial charge in [-0.25, -0.2) is 14.5 Å². The summed E-state index contributed by atoms with van der Waals surface area (Å²) in [6.45, 7) is 0. The minimum Gasteiger partial charge on any atom is -0.478 e. The Morgan fingerprint density at radius 1 is 1.53 bits per heavy atom. The minimum atomic E-state index is -1.06. The number of nitrogens with zero attached hydrogens (tertiary/aromatic N) is 3. The summed E-state index contributed by atoms with van der Waals surface area (Å²) >= 11 is 5.88. The molecule has 0 fully saturated rings. The first-order valence-corrected chi connectivity index (χ1v) is 4.45. The Bertz CT molecular complexity index is 496. The lowest BCUT2D eigenvalue weighted by Gasteiger charge is -2.03. The molecule has 76 valence electrons. The zero-order chi connectivity index (χ0) is 10.8. The van der Waals surface area contributed by atoms with E-state index in [-0.39, 0.29) is 10.6 Å². The van der Waals surface area contributed by atoms with Gasteiger partial charge in [-0.1, -0.05) is 11.6 Å². The largest absolute Gasteiger partial charge is 0.478 e. The molecule has 0 saturated heterocycles. The van der Waals surface area contributed by atoms with E-state index in [1.165, 1.54) is 16.9 Å². The Hall–Kier alpha value is -1.88. The number of pyridine rings is 1. The molecule has 2 heterocycles. The van der Waals surface area contributed by atoms with Gasteiger partial charge in [-0.05, 0) is 12.1 Å². The van der Waals surface area contributed by atoms with Crippen molar-refractivity contribution in [2.45, 2.75) is 0 Å². The van der Waals surface area contributed by atoms with Crippen molar-refractivity contribution in [1.29, 1.82) is 0 Å². The predicted octanol–water partition coefficient (Wildman–Crippen LogP) is 1.62. The van der Waals surface area contributed by atoms with E-state index in [1.54, 1.807) is 18.5 Å². The number of carbonyl (C=O) groups is 1. The Morgan fingerprint density at radius 3 is 2.87 bits per heavy atom. The molecule has 0 aliphatic carbocycles. The first kappa shape index (κ1) is 9.67. The Morgan fingerprint density at radius 2 is 2.33 bits per heavy atom. The van der Waals surface area contributed by atoms with Crippen molar-refractivity contribution in [3.8, 4) is 5.82 Å². The molecule has 2 aromatic heterocycles. The van der Waals surface area contributed by atoms with Crippen LogP contribution in [-0.4, -0.2) is 25.8 Å². The third kappa shape index (κ3) is 1.82. The number of halogens is 1. The lowest BCUT2D eigenvalue weighted by Crippen LogP contribution is -2.03. The molecule has 0 amide bonds. The maximum atomic E-state index is 10.6. The molecule has 15 heavy (non-hydrogen) atoms. The van der Waals surface area contributed by atoms with Gasteiger partial charge >= 0.3 is 5.97 Å². The molecule has 2 rings (SSSR count). The van der Waals surface area contributed by atoms with E-state index in [9.17, 15) is 4.79 Å². The number of rotatable bonds is 2. The maximum Gasteiger partial charge on any atom is 0.337 e. The fraction of sp³-hybridized carbons (Fsp3) is 0. The summed E-state index contributed by atoms with van der Waals surface area (Å²) < 4.78 is 1.47. The fourth-order valence-corrected chi connectivity index (χ4v) is 1.36. The average molecular weight is 224 g/mol. The van der Waals surface area contributed by atoms with Crippen molar-refractivity contribution in [3.63, 3.8) is 0 Å². The molecule has 0 saturated carbocycles. The third-order valence-electron chi connectivity index (χ3n) is 1.79. The summed E-state index contributed by atoms with van der Waals surface area (Å²) in [6, 6.07) is 3.07. The van der Waals surface area contributed by atoms with Gasteiger partial charge < -0.3 is 5.11 Å². The van der Waals surface area contributed by atoms with Crippen LogP contribution < -0.4 is 0 Å². The second-order valence-corrected chi connectivity index (χ2v) is 3.19. The van der Waals surface area contributed by atoms with E-state index in [0.717, 1.165) is 0 Å². The van der Waals surface area contributed by atoms with E-state index < -0.39 is 5.97 Å². The quantitative estimate of drug-likeness (QED) is 0.840. The lowest BCUT2D eigenvalue weighted by atomic mass is 10.3. The van der Waals surface area contributed by atoms with Crippen LogP contribution in [0.3, 0.4) is 0 Å². The lowest BCUT2D eigenvalue weighted by molar-refractivity contribution is 0.0696. The van der Waals surface area contributed by atoms with Gasteiger partial charge in [0.1, 0.15) is 0 Å². The number of aromatic nitrogens is 3. The first-order chi connectivity index (χ1) is 7.18. The molecule has 6 heteroatoms. The van der Waals surface area contributed by atoms with Crippen molar-refractivity contribution < 1.29 is 9.90 Å². The smallest absolute Gasteiger partial charge is 0.337 e. The topological polar surface area (TPSA) is 68.0 Å². The summed E-state index contributed by atoms with van der Waals surface area (Å²) in [5.41, 5.74) is 0.0518. The minimum absolute atomic E-state index is 0.0518. The highest BCUT2D eigenvalue weighted by Crippen LogP contribution is 2.18. The van der Waals surface area contributed by atoms with Crippen LogP contribution in [0.2, 0.25) is 5.02 Å². The molecule has 0 aromatic carbocycles. The van der Waals surface area contributed by atoms with E-state index >= 15 is 0 Å². The van der Waals surface area contributed by atoms with E-state index in [4.69, 9.17) is 16.7 Å². The molecule has 1 N–H and O–H groups in total. The number of aromatic carboxylic acids is 1. The van der Waals surface area contributed by atoms with Crippen molar-refractivity contribution in [2.24, 2.45) is 0 Å². The van der Waals surface area contributed by atoms with Crippen LogP contribution in [0.15, 0.2) is 30.7 Å². The second kappa shape index (κ2) is 3.70. The first-order valence-electron chi connectivity index (χ1n) is 4.07. The van der Waals surface area contributed by atoms with Crippen molar-refractivity contribution in [1.82, 2.24) is 14.8 Å². The van der Waals surface area contributed by atoms with Gasteiger partial charge in [-0.15, -0.1) is 0 Å². The molecular formula is C9H6ClN3O2.